The number of halogens is 1. The Labute approximate surface area is 270 Å². The number of aromatic nitrogens is 7. The van der Waals surface area contributed by atoms with Crippen LogP contribution in [0.4, 0.5) is 16.6 Å². The summed E-state index contributed by atoms with van der Waals surface area (Å²) in [5, 5.41) is 23.2. The molecule has 0 radical (unpaired) electrons. The number of H-pyrrole nitrogens is 1. The molecule has 0 spiro atoms. The van der Waals surface area contributed by atoms with E-state index >= 15 is 0 Å². The van der Waals surface area contributed by atoms with Crippen molar-refractivity contribution in [1.29, 1.82) is 5.26 Å². The van der Waals surface area contributed by atoms with E-state index in [-0.39, 0.29) is 29.7 Å². The highest BCUT2D eigenvalue weighted by Crippen LogP contribution is 2.31. The molecule has 1 aromatic carbocycles. The number of ether oxygens (including phenoxy) is 1. The van der Waals surface area contributed by atoms with Gasteiger partial charge in [0.25, 0.3) is 0 Å². The van der Waals surface area contributed by atoms with Crippen molar-refractivity contribution in [1.82, 2.24) is 40.4 Å². The fourth-order valence-corrected chi connectivity index (χ4v) is 5.58. The number of nitrogens with zero attached hydrogens (tertiary/aromatic N) is 8. The lowest BCUT2D eigenvalue weighted by Gasteiger charge is -2.36. The number of methoxy groups -OCH3 is 1. The van der Waals surface area contributed by atoms with Crippen molar-refractivity contribution in [3.8, 4) is 34.7 Å². The van der Waals surface area contributed by atoms with Crippen LogP contribution in [0.3, 0.4) is 0 Å². The van der Waals surface area contributed by atoms with Crippen LogP contribution in [-0.2, 0) is 6.54 Å². The van der Waals surface area contributed by atoms with Gasteiger partial charge in [-0.15, -0.1) is 0 Å². The summed E-state index contributed by atoms with van der Waals surface area (Å²) in [6, 6.07) is 17.4. The largest absolute Gasteiger partial charge is 0.467 e. The first-order chi connectivity index (χ1) is 22.5. The van der Waals surface area contributed by atoms with Crippen molar-refractivity contribution in [2.24, 2.45) is 0 Å². The lowest BCUT2D eigenvalue weighted by Crippen LogP contribution is -2.49. The Bertz CT molecular complexity index is 1840. The van der Waals surface area contributed by atoms with Gasteiger partial charge < -0.3 is 15.4 Å². The number of nitriles is 1. The van der Waals surface area contributed by atoms with Crippen LogP contribution < -0.4 is 20.3 Å². The molecule has 4 aromatic heterocycles. The molecular weight excluding hydrogens is 606 g/mol. The number of pyridine rings is 1. The van der Waals surface area contributed by atoms with Crippen LogP contribution in [0.5, 0.6) is 6.01 Å². The zero-order valence-corrected chi connectivity index (χ0v) is 25.6. The zero-order chi connectivity index (χ0) is 31.9. The van der Waals surface area contributed by atoms with Gasteiger partial charge in [-0.2, -0.15) is 10.4 Å². The number of hydrogen-bond donors (Lipinski definition) is 3. The number of amides is 2. The number of benzene rings is 1. The van der Waals surface area contributed by atoms with Gasteiger partial charge in [0.05, 0.1) is 29.6 Å². The Balaban J connectivity index is 1.20. The van der Waals surface area contributed by atoms with E-state index in [0.717, 1.165) is 18.4 Å². The average Bonchev–Trinajstić information content (AvgIpc) is 3.54. The van der Waals surface area contributed by atoms with E-state index in [0.29, 0.717) is 58.8 Å². The summed E-state index contributed by atoms with van der Waals surface area (Å²) in [5.74, 6) is 0.913. The van der Waals surface area contributed by atoms with Crippen molar-refractivity contribution < 1.29 is 9.53 Å². The summed E-state index contributed by atoms with van der Waals surface area (Å²) in [5.41, 5.74) is 3.37. The maximum Gasteiger partial charge on any atom is 0.323 e. The molecule has 1 saturated carbocycles. The van der Waals surface area contributed by atoms with Gasteiger partial charge in [0.1, 0.15) is 23.3 Å². The van der Waals surface area contributed by atoms with Crippen molar-refractivity contribution >= 4 is 29.4 Å². The number of carbonyl (C=O) groups is 1. The van der Waals surface area contributed by atoms with Crippen LogP contribution in [0.25, 0.3) is 22.6 Å². The topological polar surface area (TPSA) is 171 Å². The molecule has 232 valence electrons. The number of nitrogens with one attached hydrogen (secondary N) is 3. The normalized spacial score (nSPS) is 15.8. The van der Waals surface area contributed by atoms with Crippen molar-refractivity contribution in [3.05, 3.63) is 89.5 Å². The van der Waals surface area contributed by atoms with Crippen molar-refractivity contribution in [3.63, 3.8) is 0 Å². The van der Waals surface area contributed by atoms with Crippen molar-refractivity contribution in [2.45, 2.75) is 44.3 Å². The molecule has 14 heteroatoms. The van der Waals surface area contributed by atoms with Gasteiger partial charge in [0, 0.05) is 42.8 Å². The van der Waals surface area contributed by atoms with Crippen LogP contribution in [0.1, 0.15) is 36.8 Å². The quantitative estimate of drug-likeness (QED) is 0.191. The average molecular weight is 636 g/mol. The van der Waals surface area contributed by atoms with Gasteiger partial charge in [-0.25, -0.2) is 29.7 Å². The summed E-state index contributed by atoms with van der Waals surface area (Å²) in [4.78, 5) is 37.7. The van der Waals surface area contributed by atoms with Crippen LogP contribution >= 0.6 is 11.6 Å². The van der Waals surface area contributed by atoms with Gasteiger partial charge in [-0.1, -0.05) is 48.0 Å². The van der Waals surface area contributed by atoms with Crippen molar-refractivity contribution in [2.75, 3.05) is 17.3 Å². The summed E-state index contributed by atoms with van der Waals surface area (Å²) in [7, 11) is 1.51. The van der Waals surface area contributed by atoms with E-state index in [4.69, 9.17) is 21.3 Å². The molecule has 0 saturated heterocycles. The standard InChI is InChI=1S/C32H30ClN11O2/c1-46-31-36-17-22(18-37-31)26-8-5-9-27(41-26)44(32(45)38-15-20-6-3-2-4-7-20)24-12-10-23(11-13-24)40-30-35-16-21(14-34)28(42-30)29-25(33)19-39-43-29/h2-9,16-19,23-24H,10-13,15H2,1H3,(H,38,45)(H,39,43)(H,35,40,42)/t23-,24-. The molecule has 0 atom stereocenters. The van der Waals surface area contributed by atoms with E-state index in [2.05, 4.69) is 46.8 Å². The predicted molar refractivity (Wildman–Crippen MR) is 172 cm³/mol. The Hall–Kier alpha value is -5.61. The Morgan fingerprint density at radius 2 is 1.80 bits per heavy atom. The Morgan fingerprint density at radius 3 is 2.50 bits per heavy atom. The number of anilines is 2. The molecule has 1 fully saturated rings. The molecule has 4 heterocycles. The second-order valence-electron chi connectivity index (χ2n) is 10.7. The SMILES string of the molecule is COc1ncc(-c2cccc(N(C(=O)NCc3ccccc3)[C@H]3CC[C@H](Nc4ncc(C#N)c(-c5n[nH]cc5Cl)n4)CC3)n2)cn1. The molecule has 0 bridgehead atoms. The number of hydrogen-bond acceptors (Lipinski definition) is 10. The molecule has 13 nitrogen and oxygen atoms in total. The number of aromatic amines is 1. The highest BCUT2D eigenvalue weighted by Gasteiger charge is 2.31. The first-order valence-corrected chi connectivity index (χ1v) is 15.1. The highest BCUT2D eigenvalue weighted by molar-refractivity contribution is 6.32. The smallest absolute Gasteiger partial charge is 0.323 e. The molecule has 6 rings (SSSR count). The van der Waals surface area contributed by atoms with Gasteiger partial charge in [-0.3, -0.25) is 10.00 Å². The van der Waals surface area contributed by atoms with E-state index in [1.54, 1.807) is 17.3 Å². The lowest BCUT2D eigenvalue weighted by atomic mass is 9.90. The first kappa shape index (κ1) is 30.4. The minimum atomic E-state index is -0.230. The van der Waals surface area contributed by atoms with E-state index in [1.165, 1.54) is 19.5 Å². The summed E-state index contributed by atoms with van der Waals surface area (Å²) in [6.45, 7) is 0.386. The van der Waals surface area contributed by atoms with Crippen LogP contribution in [0.2, 0.25) is 5.02 Å². The minimum Gasteiger partial charge on any atom is -0.467 e. The summed E-state index contributed by atoms with van der Waals surface area (Å²) < 4.78 is 5.09. The molecule has 3 N–H and O–H groups in total. The third-order valence-electron chi connectivity index (χ3n) is 7.72. The maximum absolute atomic E-state index is 13.8. The van der Waals surface area contributed by atoms with E-state index in [9.17, 15) is 10.1 Å². The Morgan fingerprint density at radius 1 is 1.02 bits per heavy atom. The molecular formula is C32H30ClN11O2. The number of carbonyl (C=O) groups excluding carboxylic acids is 1. The molecule has 1 aliphatic rings. The second kappa shape index (κ2) is 14.0. The summed E-state index contributed by atoms with van der Waals surface area (Å²) in [6.07, 6.45) is 9.21. The molecule has 5 aromatic rings. The van der Waals surface area contributed by atoms with Gasteiger partial charge in [-0.05, 0) is 43.4 Å². The van der Waals surface area contributed by atoms with Gasteiger partial charge in [0.2, 0.25) is 5.95 Å². The molecule has 46 heavy (non-hydrogen) atoms. The lowest BCUT2D eigenvalue weighted by molar-refractivity contribution is 0.240. The zero-order valence-electron chi connectivity index (χ0n) is 24.9. The van der Waals surface area contributed by atoms with Crippen LogP contribution in [-0.4, -0.2) is 60.3 Å². The fourth-order valence-electron chi connectivity index (χ4n) is 5.40. The van der Waals surface area contributed by atoms with E-state index < -0.39 is 0 Å². The monoisotopic (exact) mass is 635 g/mol. The Kier molecular flexibility index (Phi) is 9.26. The molecule has 0 unspecified atom stereocenters. The number of rotatable bonds is 9. The third kappa shape index (κ3) is 6.87. The minimum absolute atomic E-state index is 0.0525. The van der Waals surface area contributed by atoms with Crippen LogP contribution in [0, 0.1) is 11.3 Å². The maximum atomic E-state index is 13.8. The van der Waals surface area contributed by atoms with Crippen LogP contribution in [0.15, 0.2) is 73.3 Å². The highest BCUT2D eigenvalue weighted by atomic mass is 35.5. The first-order valence-electron chi connectivity index (χ1n) is 14.7. The van der Waals surface area contributed by atoms with E-state index in [1.807, 2.05) is 48.5 Å². The fraction of sp³-hybridized carbons (Fsp3) is 0.250. The molecule has 2 amide bonds. The number of urea groups is 1. The molecule has 1 aliphatic carbocycles. The third-order valence-corrected chi connectivity index (χ3v) is 8.00. The second-order valence-corrected chi connectivity index (χ2v) is 11.1. The summed E-state index contributed by atoms with van der Waals surface area (Å²) >= 11 is 6.25. The van der Waals surface area contributed by atoms with Gasteiger partial charge >= 0.3 is 12.0 Å². The van der Waals surface area contributed by atoms with Gasteiger partial charge in [0.15, 0.2) is 0 Å². The molecule has 0 aliphatic heterocycles. The predicted octanol–water partition coefficient (Wildman–Crippen LogP) is 5.39.